The van der Waals surface area contributed by atoms with E-state index >= 15 is 0 Å². The van der Waals surface area contributed by atoms with E-state index in [4.69, 9.17) is 0 Å². The fraction of sp³-hybridized carbons (Fsp3) is 0.444. The van der Waals surface area contributed by atoms with Gasteiger partial charge in [0.25, 0.3) is 0 Å². The predicted molar refractivity (Wildman–Crippen MR) is 94.4 cm³/mol. The van der Waals surface area contributed by atoms with Gasteiger partial charge in [-0.1, -0.05) is 37.3 Å². The third kappa shape index (κ3) is 3.02. The van der Waals surface area contributed by atoms with Gasteiger partial charge >= 0.3 is 0 Å². The molecule has 4 rings (SSSR count). The molecule has 0 aliphatic carbocycles. The average molecular weight is 361 g/mol. The monoisotopic (exact) mass is 361 g/mol. The van der Waals surface area contributed by atoms with Gasteiger partial charge in [0.1, 0.15) is 17.0 Å². The number of thiazole rings is 1. The number of nitrogens with zero attached hydrogens (tertiary/aromatic N) is 3. The van der Waals surface area contributed by atoms with Crippen LogP contribution in [0.5, 0.6) is 5.88 Å². The first-order chi connectivity index (χ1) is 12.0. The van der Waals surface area contributed by atoms with Gasteiger partial charge in [0, 0.05) is 17.4 Å². The zero-order valence-corrected chi connectivity index (χ0v) is 15.1. The van der Waals surface area contributed by atoms with E-state index in [-0.39, 0.29) is 17.7 Å². The lowest BCUT2D eigenvalue weighted by Gasteiger charge is -2.37. The number of benzene rings is 1. The molecule has 25 heavy (non-hydrogen) atoms. The van der Waals surface area contributed by atoms with Crippen LogP contribution in [-0.4, -0.2) is 32.8 Å². The van der Waals surface area contributed by atoms with Crippen molar-refractivity contribution in [3.05, 3.63) is 46.9 Å². The van der Waals surface area contributed by atoms with E-state index in [9.17, 15) is 9.50 Å². The van der Waals surface area contributed by atoms with Gasteiger partial charge in [-0.05, 0) is 18.6 Å². The van der Waals surface area contributed by atoms with Crippen molar-refractivity contribution in [2.75, 3.05) is 13.1 Å². The lowest BCUT2D eigenvalue weighted by atomic mass is 9.89. The smallest absolute Gasteiger partial charge is 0.235 e. The molecule has 7 heteroatoms. The minimum Gasteiger partial charge on any atom is -0.492 e. The van der Waals surface area contributed by atoms with Crippen molar-refractivity contribution in [1.82, 2.24) is 14.6 Å². The highest BCUT2D eigenvalue weighted by molar-refractivity contribution is 7.17. The maximum absolute atomic E-state index is 13.9. The Morgan fingerprint density at radius 1 is 1.32 bits per heavy atom. The number of quaternary nitrogens is 1. The molecule has 132 valence electrons. The number of hydrogen-bond acceptors (Lipinski definition) is 4. The second kappa shape index (κ2) is 6.38. The van der Waals surface area contributed by atoms with Crippen LogP contribution in [-0.2, 0) is 0 Å². The van der Waals surface area contributed by atoms with Crippen LogP contribution in [0.2, 0.25) is 0 Å². The summed E-state index contributed by atoms with van der Waals surface area (Å²) in [6.07, 6.45) is 2.64. The van der Waals surface area contributed by atoms with Crippen LogP contribution in [0.15, 0.2) is 30.6 Å². The highest BCUT2D eigenvalue weighted by Gasteiger charge is 2.37. The van der Waals surface area contributed by atoms with E-state index < -0.39 is 0 Å². The van der Waals surface area contributed by atoms with Crippen molar-refractivity contribution >= 4 is 16.3 Å². The Hall–Kier alpha value is -1.99. The molecule has 0 saturated carbocycles. The van der Waals surface area contributed by atoms with Crippen LogP contribution in [0.1, 0.15) is 36.8 Å². The highest BCUT2D eigenvalue weighted by atomic mass is 32.1. The summed E-state index contributed by atoms with van der Waals surface area (Å²) >= 11 is 1.43. The summed E-state index contributed by atoms with van der Waals surface area (Å²) in [6, 6.07) is 6.60. The lowest BCUT2D eigenvalue weighted by Crippen LogP contribution is -3.14. The van der Waals surface area contributed by atoms with E-state index in [1.165, 1.54) is 39.6 Å². The molecule has 3 heterocycles. The molecule has 0 bridgehead atoms. The molecular formula is C18H22FN4OS+. The van der Waals surface area contributed by atoms with Gasteiger partial charge in [-0.25, -0.2) is 9.37 Å². The summed E-state index contributed by atoms with van der Waals surface area (Å²) in [6.45, 7) is 6.53. The first-order valence-electron chi connectivity index (χ1n) is 8.64. The van der Waals surface area contributed by atoms with E-state index in [2.05, 4.69) is 23.9 Å². The normalized spacial score (nSPS) is 25.3. The van der Waals surface area contributed by atoms with Crippen molar-refractivity contribution in [2.45, 2.75) is 26.3 Å². The molecule has 2 N–H and O–H groups in total. The number of rotatable bonds is 3. The molecule has 1 aromatic carbocycles. The Labute approximate surface area is 149 Å². The number of aromatic nitrogens is 3. The average Bonchev–Trinajstić information content (AvgIpc) is 3.11. The molecule has 3 atom stereocenters. The zero-order valence-electron chi connectivity index (χ0n) is 14.3. The Morgan fingerprint density at radius 3 is 2.76 bits per heavy atom. The van der Waals surface area contributed by atoms with Crippen molar-refractivity contribution < 1.29 is 14.4 Å². The first kappa shape index (κ1) is 16.5. The Morgan fingerprint density at radius 2 is 2.08 bits per heavy atom. The standard InChI is InChI=1S/C18H21FN4OS/c1-11-6-12(2)9-22(8-11)15(13-4-3-5-14(19)7-13)16-17(24)23-18(25-16)20-10-21-23/h3-5,7,10-12,15,24H,6,8-9H2,1-2H3/p+1/t11-,12-,15+/m1/s1. The molecule has 0 amide bonds. The number of piperidine rings is 1. The Bertz CT molecular complexity index is 882. The molecule has 5 nitrogen and oxygen atoms in total. The summed E-state index contributed by atoms with van der Waals surface area (Å²) in [4.78, 5) is 7.02. The van der Waals surface area contributed by atoms with E-state index in [1.54, 1.807) is 12.1 Å². The molecule has 1 aliphatic heterocycles. The molecule has 2 aromatic heterocycles. The number of aromatic hydroxyl groups is 1. The number of hydrogen-bond donors (Lipinski definition) is 2. The molecule has 1 aliphatic rings. The zero-order chi connectivity index (χ0) is 17.6. The predicted octanol–water partition coefficient (Wildman–Crippen LogP) is 2.29. The lowest BCUT2D eigenvalue weighted by molar-refractivity contribution is -0.936. The van der Waals surface area contributed by atoms with Crippen molar-refractivity contribution in [3.8, 4) is 5.88 Å². The molecule has 0 radical (unpaired) electrons. The van der Waals surface area contributed by atoms with Gasteiger partial charge in [0.05, 0.1) is 13.1 Å². The Balaban J connectivity index is 1.83. The molecule has 1 saturated heterocycles. The number of likely N-dealkylation sites (tertiary alicyclic amines) is 1. The van der Waals surface area contributed by atoms with Gasteiger partial charge in [-0.3, -0.25) is 0 Å². The van der Waals surface area contributed by atoms with E-state index in [0.29, 0.717) is 16.8 Å². The summed E-state index contributed by atoms with van der Waals surface area (Å²) in [5.74, 6) is 1.06. The highest BCUT2D eigenvalue weighted by Crippen LogP contribution is 2.35. The molecule has 0 spiro atoms. The number of halogens is 1. The fourth-order valence-corrected chi connectivity index (χ4v) is 5.32. The van der Waals surface area contributed by atoms with Crippen LogP contribution >= 0.6 is 11.3 Å². The largest absolute Gasteiger partial charge is 0.492 e. The number of nitrogens with one attached hydrogen (secondary N) is 1. The van der Waals surface area contributed by atoms with Crippen LogP contribution in [0.4, 0.5) is 4.39 Å². The van der Waals surface area contributed by atoms with Crippen LogP contribution in [0, 0.1) is 17.7 Å². The van der Waals surface area contributed by atoms with Crippen LogP contribution in [0.25, 0.3) is 4.96 Å². The minimum absolute atomic E-state index is 0.116. The van der Waals surface area contributed by atoms with Crippen molar-refractivity contribution in [1.29, 1.82) is 0 Å². The molecule has 0 unspecified atom stereocenters. The topological polar surface area (TPSA) is 54.9 Å². The van der Waals surface area contributed by atoms with Crippen LogP contribution < -0.4 is 4.90 Å². The second-order valence-corrected chi connectivity index (χ2v) is 8.25. The summed E-state index contributed by atoms with van der Waals surface area (Å²) in [5, 5.41) is 14.8. The quantitative estimate of drug-likeness (QED) is 0.753. The fourth-order valence-electron chi connectivity index (χ4n) is 4.21. The third-order valence-electron chi connectivity index (χ3n) is 5.02. The van der Waals surface area contributed by atoms with Gasteiger partial charge in [0.2, 0.25) is 10.8 Å². The molecule has 3 aromatic rings. The van der Waals surface area contributed by atoms with Gasteiger partial charge in [-0.2, -0.15) is 9.61 Å². The second-order valence-electron chi connectivity index (χ2n) is 7.24. The molecular weight excluding hydrogens is 339 g/mol. The third-order valence-corrected chi connectivity index (χ3v) is 6.12. The van der Waals surface area contributed by atoms with E-state index in [1.807, 2.05) is 6.07 Å². The number of fused-ring (bicyclic) bond motifs is 1. The van der Waals surface area contributed by atoms with Gasteiger partial charge in [0.15, 0.2) is 6.04 Å². The van der Waals surface area contributed by atoms with Crippen molar-refractivity contribution in [3.63, 3.8) is 0 Å². The summed E-state index contributed by atoms with van der Waals surface area (Å²) < 4.78 is 15.4. The maximum atomic E-state index is 13.9. The van der Waals surface area contributed by atoms with E-state index in [0.717, 1.165) is 23.5 Å². The maximum Gasteiger partial charge on any atom is 0.235 e. The first-order valence-corrected chi connectivity index (χ1v) is 9.46. The summed E-state index contributed by atoms with van der Waals surface area (Å²) in [7, 11) is 0. The summed E-state index contributed by atoms with van der Waals surface area (Å²) in [5.41, 5.74) is 0.885. The SMILES string of the molecule is C[C@@H]1C[C@@H](C)C[NH+]([C@@H](c2cccc(F)c2)c2sc3ncnn3c2O)C1. The van der Waals surface area contributed by atoms with Crippen LogP contribution in [0.3, 0.4) is 0 Å². The molecule has 1 fully saturated rings. The van der Waals surface area contributed by atoms with Crippen molar-refractivity contribution in [2.24, 2.45) is 11.8 Å². The van der Waals surface area contributed by atoms with Gasteiger partial charge < -0.3 is 10.0 Å². The minimum atomic E-state index is -0.251. The Kier molecular flexibility index (Phi) is 4.21. The van der Waals surface area contributed by atoms with Gasteiger partial charge in [-0.15, -0.1) is 0 Å².